The van der Waals surface area contributed by atoms with E-state index < -0.39 is 0 Å². The third-order valence-electron chi connectivity index (χ3n) is 2.63. The van der Waals surface area contributed by atoms with Crippen LogP contribution < -0.4 is 10.1 Å². The molecule has 0 aliphatic rings. The van der Waals surface area contributed by atoms with Crippen LogP contribution in [0.15, 0.2) is 28.8 Å². The van der Waals surface area contributed by atoms with Gasteiger partial charge >= 0.3 is 0 Å². The van der Waals surface area contributed by atoms with Crippen LogP contribution in [0.2, 0.25) is 0 Å². The van der Waals surface area contributed by atoms with Gasteiger partial charge in [-0.05, 0) is 27.0 Å². The van der Waals surface area contributed by atoms with E-state index in [0.29, 0.717) is 6.61 Å². The van der Waals surface area contributed by atoms with Gasteiger partial charge < -0.3 is 14.6 Å². The van der Waals surface area contributed by atoms with Crippen LogP contribution in [0.3, 0.4) is 0 Å². The molecular weight excluding hydrogens is 228 g/mol. The Morgan fingerprint density at radius 3 is 2.78 bits per heavy atom. The maximum atomic E-state index is 5.77. The second-order valence-corrected chi connectivity index (χ2v) is 4.36. The average molecular weight is 246 g/mol. The van der Waals surface area contributed by atoms with E-state index in [-0.39, 0.29) is 0 Å². The van der Waals surface area contributed by atoms with Gasteiger partial charge in [0, 0.05) is 18.2 Å². The molecule has 0 atom stereocenters. The number of nitrogens with one attached hydrogen (secondary N) is 1. The van der Waals surface area contributed by atoms with Crippen LogP contribution in [0.1, 0.15) is 22.6 Å². The second-order valence-electron chi connectivity index (χ2n) is 4.36. The lowest BCUT2D eigenvalue weighted by Crippen LogP contribution is -2.07. The molecule has 1 N–H and O–H groups in total. The minimum atomic E-state index is 0.403. The number of aromatic nitrogens is 1. The predicted molar refractivity (Wildman–Crippen MR) is 69.5 cm³/mol. The highest BCUT2D eigenvalue weighted by Crippen LogP contribution is 2.21. The summed E-state index contributed by atoms with van der Waals surface area (Å²) < 4.78 is 10.9. The Morgan fingerprint density at radius 2 is 2.11 bits per heavy atom. The summed E-state index contributed by atoms with van der Waals surface area (Å²) in [5.74, 6) is 1.62. The molecule has 0 saturated heterocycles. The highest BCUT2D eigenvalue weighted by atomic mass is 16.5. The first kappa shape index (κ1) is 12.6. The van der Waals surface area contributed by atoms with Crippen molar-refractivity contribution in [2.24, 2.45) is 0 Å². The van der Waals surface area contributed by atoms with E-state index in [1.165, 1.54) is 5.56 Å². The molecule has 96 valence electrons. The minimum Gasteiger partial charge on any atom is -0.485 e. The SMILES string of the molecule is CNCc1cc(C)ccc1OCc1cc(C)no1. The topological polar surface area (TPSA) is 47.3 Å². The molecule has 0 fully saturated rings. The lowest BCUT2D eigenvalue weighted by Gasteiger charge is -2.11. The van der Waals surface area contributed by atoms with Crippen LogP contribution >= 0.6 is 0 Å². The standard InChI is InChI=1S/C14H18N2O2/c1-10-4-5-14(12(6-10)8-15-3)17-9-13-7-11(2)16-18-13/h4-7,15H,8-9H2,1-3H3. The fourth-order valence-electron chi connectivity index (χ4n) is 1.81. The Kier molecular flexibility index (Phi) is 3.99. The van der Waals surface area contributed by atoms with Crippen molar-refractivity contribution in [2.45, 2.75) is 27.0 Å². The number of benzene rings is 1. The summed E-state index contributed by atoms with van der Waals surface area (Å²) in [5.41, 5.74) is 3.24. The molecule has 2 aromatic rings. The van der Waals surface area contributed by atoms with Crippen LogP contribution in [0.4, 0.5) is 0 Å². The van der Waals surface area contributed by atoms with Crippen molar-refractivity contribution in [1.29, 1.82) is 0 Å². The van der Waals surface area contributed by atoms with Gasteiger partial charge in [-0.1, -0.05) is 22.9 Å². The third-order valence-corrected chi connectivity index (χ3v) is 2.63. The second kappa shape index (κ2) is 5.69. The molecule has 0 aliphatic heterocycles. The van der Waals surface area contributed by atoms with Gasteiger partial charge in [-0.15, -0.1) is 0 Å². The summed E-state index contributed by atoms with van der Waals surface area (Å²) in [6, 6.07) is 8.04. The summed E-state index contributed by atoms with van der Waals surface area (Å²) in [6.45, 7) is 5.15. The number of ether oxygens (including phenoxy) is 1. The normalized spacial score (nSPS) is 10.6. The maximum absolute atomic E-state index is 5.77. The van der Waals surface area contributed by atoms with Crippen LogP contribution in [0.5, 0.6) is 5.75 Å². The van der Waals surface area contributed by atoms with E-state index in [4.69, 9.17) is 9.26 Å². The van der Waals surface area contributed by atoms with Crippen molar-refractivity contribution in [1.82, 2.24) is 10.5 Å². The van der Waals surface area contributed by atoms with Crippen molar-refractivity contribution in [3.63, 3.8) is 0 Å². The summed E-state index contributed by atoms with van der Waals surface area (Å²) >= 11 is 0. The molecule has 18 heavy (non-hydrogen) atoms. The van der Waals surface area contributed by atoms with Crippen LogP contribution in [0.25, 0.3) is 0 Å². The minimum absolute atomic E-state index is 0.403. The van der Waals surface area contributed by atoms with Crippen LogP contribution in [-0.4, -0.2) is 12.2 Å². The molecule has 0 bridgehead atoms. The molecule has 2 rings (SSSR count). The first-order chi connectivity index (χ1) is 8.69. The van der Waals surface area contributed by atoms with Crippen molar-refractivity contribution >= 4 is 0 Å². The van der Waals surface area contributed by atoms with E-state index in [1.807, 2.05) is 32.2 Å². The number of hydrogen-bond donors (Lipinski definition) is 1. The molecule has 0 amide bonds. The molecule has 0 radical (unpaired) electrons. The Balaban J connectivity index is 2.08. The molecule has 0 saturated carbocycles. The predicted octanol–water partition coefficient (Wildman–Crippen LogP) is 2.59. The molecule has 0 unspecified atom stereocenters. The monoisotopic (exact) mass is 246 g/mol. The van der Waals surface area contributed by atoms with Crippen molar-refractivity contribution in [3.8, 4) is 5.75 Å². The van der Waals surface area contributed by atoms with E-state index in [1.54, 1.807) is 0 Å². The largest absolute Gasteiger partial charge is 0.485 e. The molecule has 0 aliphatic carbocycles. The summed E-state index contributed by atoms with van der Waals surface area (Å²) in [4.78, 5) is 0. The maximum Gasteiger partial charge on any atom is 0.174 e. The Hall–Kier alpha value is -1.81. The zero-order valence-electron chi connectivity index (χ0n) is 11.0. The Morgan fingerprint density at radius 1 is 1.28 bits per heavy atom. The average Bonchev–Trinajstić information content (AvgIpc) is 2.75. The van der Waals surface area contributed by atoms with Gasteiger partial charge in [0.15, 0.2) is 5.76 Å². The number of hydrogen-bond acceptors (Lipinski definition) is 4. The van der Waals surface area contributed by atoms with Crippen molar-refractivity contribution in [2.75, 3.05) is 7.05 Å². The first-order valence-electron chi connectivity index (χ1n) is 5.98. The van der Waals surface area contributed by atoms with Crippen molar-refractivity contribution in [3.05, 3.63) is 46.8 Å². The van der Waals surface area contributed by atoms with Gasteiger partial charge in [-0.25, -0.2) is 0 Å². The highest BCUT2D eigenvalue weighted by Gasteiger charge is 2.06. The van der Waals surface area contributed by atoms with E-state index in [9.17, 15) is 0 Å². The summed E-state index contributed by atoms with van der Waals surface area (Å²) in [5, 5.41) is 6.97. The van der Waals surface area contributed by atoms with Crippen LogP contribution in [0, 0.1) is 13.8 Å². The molecule has 4 heteroatoms. The molecule has 0 spiro atoms. The Labute approximate surface area is 107 Å². The number of aryl methyl sites for hydroxylation is 2. The summed E-state index contributed by atoms with van der Waals surface area (Å²) in [7, 11) is 1.92. The molecular formula is C14H18N2O2. The van der Waals surface area contributed by atoms with Gasteiger partial charge in [0.1, 0.15) is 12.4 Å². The smallest absolute Gasteiger partial charge is 0.174 e. The number of rotatable bonds is 5. The van der Waals surface area contributed by atoms with Gasteiger partial charge in [-0.2, -0.15) is 0 Å². The lowest BCUT2D eigenvalue weighted by molar-refractivity contribution is 0.246. The zero-order valence-corrected chi connectivity index (χ0v) is 11.0. The van der Waals surface area contributed by atoms with Gasteiger partial charge in [0.25, 0.3) is 0 Å². The van der Waals surface area contributed by atoms with Gasteiger partial charge in [-0.3, -0.25) is 0 Å². The molecule has 1 aromatic carbocycles. The van der Waals surface area contributed by atoms with E-state index in [2.05, 4.69) is 23.5 Å². The molecule has 1 heterocycles. The number of nitrogens with zero attached hydrogens (tertiary/aromatic N) is 1. The van der Waals surface area contributed by atoms with Crippen LogP contribution in [-0.2, 0) is 13.2 Å². The van der Waals surface area contributed by atoms with Gasteiger partial charge in [0.05, 0.1) is 5.69 Å². The first-order valence-corrected chi connectivity index (χ1v) is 5.98. The fourth-order valence-corrected chi connectivity index (χ4v) is 1.81. The lowest BCUT2D eigenvalue weighted by atomic mass is 10.1. The molecule has 4 nitrogen and oxygen atoms in total. The van der Waals surface area contributed by atoms with E-state index >= 15 is 0 Å². The third kappa shape index (κ3) is 3.11. The van der Waals surface area contributed by atoms with Gasteiger partial charge in [0.2, 0.25) is 0 Å². The quantitative estimate of drug-likeness (QED) is 0.881. The van der Waals surface area contributed by atoms with Crippen molar-refractivity contribution < 1.29 is 9.26 Å². The Bertz CT molecular complexity index is 520. The summed E-state index contributed by atoms with van der Waals surface area (Å²) in [6.07, 6.45) is 0. The fraction of sp³-hybridized carbons (Fsp3) is 0.357. The zero-order chi connectivity index (χ0) is 13.0. The highest BCUT2D eigenvalue weighted by molar-refractivity contribution is 5.36. The molecule has 1 aromatic heterocycles. The van der Waals surface area contributed by atoms with E-state index in [0.717, 1.165) is 29.3 Å².